The molecule has 3 rings (SSSR count). The van der Waals surface area contributed by atoms with Crippen LogP contribution in [0.25, 0.3) is 0 Å². The molecule has 2 atom stereocenters. The molecule has 1 amide bonds. The van der Waals surface area contributed by atoms with Gasteiger partial charge in [0.1, 0.15) is 0 Å². The number of rotatable bonds is 5. The molecule has 1 unspecified atom stereocenters. The van der Waals surface area contributed by atoms with Crippen molar-refractivity contribution in [1.29, 1.82) is 0 Å². The summed E-state index contributed by atoms with van der Waals surface area (Å²) in [7, 11) is 0. The van der Waals surface area contributed by atoms with Gasteiger partial charge in [-0.05, 0) is 25.7 Å². The second kappa shape index (κ2) is 7.40. The van der Waals surface area contributed by atoms with Gasteiger partial charge in [0.25, 0.3) is 0 Å². The van der Waals surface area contributed by atoms with Crippen LogP contribution >= 0.6 is 11.3 Å². The summed E-state index contributed by atoms with van der Waals surface area (Å²) in [6.45, 7) is 7.47. The van der Waals surface area contributed by atoms with Gasteiger partial charge in [-0.15, -0.1) is 11.3 Å². The highest BCUT2D eigenvalue weighted by Gasteiger charge is 2.27. The Morgan fingerprint density at radius 3 is 3.04 bits per heavy atom. The molecule has 0 aliphatic carbocycles. The fourth-order valence-electron chi connectivity index (χ4n) is 3.12. The number of anilines is 1. The molecule has 1 saturated heterocycles. The Morgan fingerprint density at radius 1 is 1.50 bits per heavy atom. The Hall–Kier alpha value is -1.80. The number of nitrogens with one attached hydrogen (secondary N) is 1. The smallest absolute Gasteiger partial charge is 0.223 e. The minimum atomic E-state index is -0.0855. The Balaban J connectivity index is 1.59. The molecule has 2 aromatic rings. The van der Waals surface area contributed by atoms with E-state index in [2.05, 4.69) is 32.3 Å². The number of hydrogen-bond acceptors (Lipinski definition) is 7. The number of likely N-dealkylation sites (tertiary alicyclic amines) is 1. The van der Waals surface area contributed by atoms with Crippen molar-refractivity contribution < 1.29 is 9.32 Å². The molecule has 1 fully saturated rings. The minimum absolute atomic E-state index is 0.0855. The quantitative estimate of drug-likeness (QED) is 0.893. The first-order chi connectivity index (χ1) is 11.5. The average molecular weight is 349 g/mol. The number of aromatic nitrogens is 3. The van der Waals surface area contributed by atoms with E-state index in [4.69, 9.17) is 4.52 Å². The van der Waals surface area contributed by atoms with Crippen LogP contribution in [-0.2, 0) is 17.8 Å². The third-order valence-corrected chi connectivity index (χ3v) is 5.24. The van der Waals surface area contributed by atoms with Crippen LogP contribution in [0.5, 0.6) is 0 Å². The van der Waals surface area contributed by atoms with Crippen LogP contribution in [0, 0.1) is 12.8 Å². The molecule has 130 valence electrons. The number of amides is 1. The Bertz CT molecular complexity index is 698. The van der Waals surface area contributed by atoms with Gasteiger partial charge < -0.3 is 9.84 Å². The molecular formula is C16H23N5O2S. The molecule has 3 heterocycles. The first-order valence-corrected chi connectivity index (χ1v) is 9.06. The first-order valence-electron chi connectivity index (χ1n) is 8.25. The number of piperidine rings is 1. The number of aryl methyl sites for hydroxylation is 1. The summed E-state index contributed by atoms with van der Waals surface area (Å²) in [4.78, 5) is 23.3. The van der Waals surface area contributed by atoms with Crippen LogP contribution < -0.4 is 5.32 Å². The predicted octanol–water partition coefficient (Wildman–Crippen LogP) is 2.64. The van der Waals surface area contributed by atoms with Gasteiger partial charge in [-0.1, -0.05) is 5.16 Å². The van der Waals surface area contributed by atoms with Gasteiger partial charge >= 0.3 is 0 Å². The molecule has 24 heavy (non-hydrogen) atoms. The lowest BCUT2D eigenvalue weighted by Crippen LogP contribution is -2.41. The third kappa shape index (κ3) is 4.39. The van der Waals surface area contributed by atoms with Gasteiger partial charge in [0, 0.05) is 50.5 Å². The molecule has 2 aromatic heterocycles. The molecule has 1 aliphatic heterocycles. The molecule has 0 saturated carbocycles. The molecule has 7 nitrogen and oxygen atoms in total. The van der Waals surface area contributed by atoms with Crippen molar-refractivity contribution in [1.82, 2.24) is 20.0 Å². The van der Waals surface area contributed by atoms with E-state index in [1.807, 2.05) is 13.1 Å². The van der Waals surface area contributed by atoms with Crippen LogP contribution in [0.3, 0.4) is 0 Å². The minimum Gasteiger partial charge on any atom is -0.340 e. The Kier molecular flexibility index (Phi) is 5.25. The zero-order valence-corrected chi connectivity index (χ0v) is 15.1. The lowest BCUT2D eigenvalue weighted by molar-refractivity contribution is -0.114. The molecular weight excluding hydrogens is 326 g/mol. The maximum Gasteiger partial charge on any atom is 0.223 e. The van der Waals surface area contributed by atoms with Crippen molar-refractivity contribution in [3.05, 3.63) is 22.8 Å². The maximum atomic E-state index is 11.1. The normalized spacial score (nSPS) is 21.8. The Morgan fingerprint density at radius 2 is 2.33 bits per heavy atom. The van der Waals surface area contributed by atoms with E-state index in [-0.39, 0.29) is 5.91 Å². The van der Waals surface area contributed by atoms with Gasteiger partial charge in [0.2, 0.25) is 11.8 Å². The van der Waals surface area contributed by atoms with Crippen LogP contribution in [0.15, 0.2) is 10.7 Å². The van der Waals surface area contributed by atoms with Gasteiger partial charge in [-0.25, -0.2) is 4.98 Å². The summed E-state index contributed by atoms with van der Waals surface area (Å²) >= 11 is 1.54. The van der Waals surface area contributed by atoms with Gasteiger partial charge in [0.15, 0.2) is 11.0 Å². The number of nitrogens with zero attached hydrogens (tertiary/aromatic N) is 4. The van der Waals surface area contributed by atoms with Crippen molar-refractivity contribution in [2.24, 2.45) is 5.92 Å². The fourth-order valence-corrected chi connectivity index (χ4v) is 4.01. The largest absolute Gasteiger partial charge is 0.340 e. The molecule has 0 aromatic carbocycles. The van der Waals surface area contributed by atoms with Crippen molar-refractivity contribution >= 4 is 22.4 Å². The highest BCUT2D eigenvalue weighted by atomic mass is 32.1. The van der Waals surface area contributed by atoms with Crippen LogP contribution in [0.2, 0.25) is 0 Å². The van der Waals surface area contributed by atoms with Crippen molar-refractivity contribution in [3.8, 4) is 0 Å². The number of hydrogen-bond donors (Lipinski definition) is 1. The molecule has 0 spiro atoms. The monoisotopic (exact) mass is 349 g/mol. The fraction of sp³-hybridized carbons (Fsp3) is 0.625. The summed E-state index contributed by atoms with van der Waals surface area (Å²) in [5.74, 6) is 1.89. The second-order valence-electron chi connectivity index (χ2n) is 6.47. The van der Waals surface area contributed by atoms with Crippen molar-refractivity contribution in [2.75, 3.05) is 11.9 Å². The molecule has 1 aliphatic rings. The standard InChI is InChI=1S/C16H23N5O2S/c1-10-4-5-13(6-15-19-12(3)23-20-15)8-21(10)9-14-7-17-16(24-14)18-11(2)22/h7,10,13H,4-6,8-9H2,1-3H3,(H,17,18,22)/t10-,13?/m0/s1. The van der Waals surface area contributed by atoms with E-state index >= 15 is 0 Å². The second-order valence-corrected chi connectivity index (χ2v) is 7.58. The number of thiazole rings is 1. The molecule has 0 radical (unpaired) electrons. The van der Waals surface area contributed by atoms with Crippen LogP contribution in [0.4, 0.5) is 5.13 Å². The van der Waals surface area contributed by atoms with Crippen LogP contribution in [0.1, 0.15) is 43.3 Å². The van der Waals surface area contributed by atoms with E-state index < -0.39 is 0 Å². The lowest BCUT2D eigenvalue weighted by atomic mass is 9.90. The Labute approximate surface area is 145 Å². The van der Waals surface area contributed by atoms with Crippen LogP contribution in [-0.4, -0.2) is 38.5 Å². The SMILES string of the molecule is CC(=O)Nc1ncc(CN2CC(Cc3noc(C)n3)CC[C@@H]2C)s1. The summed E-state index contributed by atoms with van der Waals surface area (Å²) in [5.41, 5.74) is 0. The molecule has 0 bridgehead atoms. The lowest BCUT2D eigenvalue weighted by Gasteiger charge is -2.37. The number of carbonyl (C=O) groups is 1. The average Bonchev–Trinajstić information content (AvgIpc) is 3.11. The van der Waals surface area contributed by atoms with Gasteiger partial charge in [-0.2, -0.15) is 4.98 Å². The van der Waals surface area contributed by atoms with E-state index in [0.717, 1.165) is 25.3 Å². The van der Waals surface area contributed by atoms with Crippen molar-refractivity contribution in [3.63, 3.8) is 0 Å². The molecule has 1 N–H and O–H groups in total. The summed E-state index contributed by atoms with van der Waals surface area (Å²) < 4.78 is 5.07. The summed E-state index contributed by atoms with van der Waals surface area (Å²) in [6, 6.07) is 0.541. The highest BCUT2D eigenvalue weighted by Crippen LogP contribution is 2.28. The van der Waals surface area contributed by atoms with E-state index in [9.17, 15) is 4.79 Å². The van der Waals surface area contributed by atoms with E-state index in [1.54, 1.807) is 11.3 Å². The van der Waals surface area contributed by atoms with E-state index in [1.165, 1.54) is 24.6 Å². The van der Waals surface area contributed by atoms with Crippen molar-refractivity contribution in [2.45, 2.75) is 52.6 Å². The zero-order chi connectivity index (χ0) is 17.1. The van der Waals surface area contributed by atoms with Gasteiger partial charge in [0.05, 0.1) is 0 Å². The number of carbonyl (C=O) groups excluding carboxylic acids is 1. The van der Waals surface area contributed by atoms with Gasteiger partial charge in [-0.3, -0.25) is 9.69 Å². The highest BCUT2D eigenvalue weighted by molar-refractivity contribution is 7.15. The zero-order valence-electron chi connectivity index (χ0n) is 14.3. The topological polar surface area (TPSA) is 84.2 Å². The maximum absolute atomic E-state index is 11.1. The van der Waals surface area contributed by atoms with E-state index in [0.29, 0.717) is 23.0 Å². The predicted molar refractivity (Wildman–Crippen MR) is 91.8 cm³/mol. The molecule has 8 heteroatoms. The summed E-state index contributed by atoms with van der Waals surface area (Å²) in [6.07, 6.45) is 5.07. The third-order valence-electron chi connectivity index (χ3n) is 4.35. The summed E-state index contributed by atoms with van der Waals surface area (Å²) in [5, 5.41) is 7.42. The first kappa shape index (κ1) is 17.0.